The first-order valence-electron chi connectivity index (χ1n) is 6.23. The molecule has 1 aliphatic rings. The van der Waals surface area contributed by atoms with Crippen molar-refractivity contribution in [3.63, 3.8) is 0 Å². The number of morpholine rings is 1. The second-order valence-electron chi connectivity index (χ2n) is 5.22. The molecule has 1 aromatic carbocycles. The van der Waals surface area contributed by atoms with Gasteiger partial charge in [0.25, 0.3) is 5.91 Å². The fourth-order valence-electron chi connectivity index (χ4n) is 2.18. The van der Waals surface area contributed by atoms with Gasteiger partial charge in [-0.25, -0.2) is 0 Å². The summed E-state index contributed by atoms with van der Waals surface area (Å²) in [4.78, 5) is 14.1. The van der Waals surface area contributed by atoms with Gasteiger partial charge in [0.2, 0.25) is 0 Å². The Morgan fingerprint density at radius 2 is 2.21 bits per heavy atom. The van der Waals surface area contributed by atoms with Crippen LogP contribution in [-0.4, -0.2) is 48.3 Å². The standard InChI is InChI=1S/C14H19NO4/c1-14(2)9-15(6-7-19-14)13(17)11-5-4-10(18-3)8-12(11)16/h4-5,8,16H,6-7,9H2,1-3H3. The number of carbonyl (C=O) groups excluding carboxylic acids is 1. The molecule has 0 unspecified atom stereocenters. The summed E-state index contributed by atoms with van der Waals surface area (Å²) in [5.41, 5.74) is -0.0609. The molecule has 0 bridgehead atoms. The Balaban J connectivity index is 2.20. The molecule has 19 heavy (non-hydrogen) atoms. The Morgan fingerprint density at radius 1 is 1.47 bits per heavy atom. The maximum atomic E-state index is 12.4. The van der Waals surface area contributed by atoms with Crippen molar-refractivity contribution in [1.29, 1.82) is 0 Å². The Hall–Kier alpha value is -1.75. The van der Waals surface area contributed by atoms with E-state index < -0.39 is 0 Å². The summed E-state index contributed by atoms with van der Waals surface area (Å²) < 4.78 is 10.6. The van der Waals surface area contributed by atoms with Gasteiger partial charge in [-0.2, -0.15) is 0 Å². The quantitative estimate of drug-likeness (QED) is 0.883. The zero-order valence-corrected chi connectivity index (χ0v) is 11.5. The number of rotatable bonds is 2. The van der Waals surface area contributed by atoms with Crippen LogP contribution in [0.4, 0.5) is 0 Å². The summed E-state index contributed by atoms with van der Waals surface area (Å²) in [6.07, 6.45) is 0. The van der Waals surface area contributed by atoms with Gasteiger partial charge in [-0.15, -0.1) is 0 Å². The molecule has 1 aliphatic heterocycles. The maximum absolute atomic E-state index is 12.4. The van der Waals surface area contributed by atoms with E-state index in [0.717, 1.165) is 0 Å². The maximum Gasteiger partial charge on any atom is 0.257 e. The first-order chi connectivity index (χ1) is 8.93. The van der Waals surface area contributed by atoms with Crippen molar-refractivity contribution in [2.24, 2.45) is 0 Å². The number of nitrogens with zero attached hydrogens (tertiary/aromatic N) is 1. The van der Waals surface area contributed by atoms with Crippen LogP contribution in [0, 0.1) is 0 Å². The fraction of sp³-hybridized carbons (Fsp3) is 0.500. The van der Waals surface area contributed by atoms with Gasteiger partial charge in [0.05, 0.1) is 24.9 Å². The number of phenolic OH excluding ortho intramolecular Hbond substituents is 1. The van der Waals surface area contributed by atoms with Crippen molar-refractivity contribution < 1.29 is 19.4 Å². The Kier molecular flexibility index (Phi) is 3.66. The van der Waals surface area contributed by atoms with Crippen molar-refractivity contribution in [2.75, 3.05) is 26.8 Å². The lowest BCUT2D eigenvalue weighted by Gasteiger charge is -2.38. The van der Waals surface area contributed by atoms with E-state index >= 15 is 0 Å². The zero-order valence-electron chi connectivity index (χ0n) is 11.5. The van der Waals surface area contributed by atoms with Gasteiger partial charge in [-0.1, -0.05) is 0 Å². The lowest BCUT2D eigenvalue weighted by atomic mass is 10.1. The van der Waals surface area contributed by atoms with E-state index in [1.807, 2.05) is 13.8 Å². The van der Waals surface area contributed by atoms with E-state index in [1.165, 1.54) is 13.2 Å². The number of ether oxygens (including phenoxy) is 2. The van der Waals surface area contributed by atoms with Crippen LogP contribution in [0.1, 0.15) is 24.2 Å². The topological polar surface area (TPSA) is 59.0 Å². The van der Waals surface area contributed by atoms with Crippen molar-refractivity contribution in [3.8, 4) is 11.5 Å². The molecule has 1 amide bonds. The summed E-state index contributed by atoms with van der Waals surface area (Å²) in [6.45, 7) is 5.45. The van der Waals surface area contributed by atoms with Gasteiger partial charge in [-0.05, 0) is 26.0 Å². The Bertz CT molecular complexity index is 484. The van der Waals surface area contributed by atoms with E-state index in [1.54, 1.807) is 17.0 Å². The molecule has 2 rings (SSSR count). The average molecular weight is 265 g/mol. The minimum absolute atomic E-state index is 0.0614. The molecule has 104 valence electrons. The summed E-state index contributed by atoms with van der Waals surface area (Å²) in [5, 5.41) is 9.89. The number of aromatic hydroxyl groups is 1. The van der Waals surface area contributed by atoms with Crippen molar-refractivity contribution >= 4 is 5.91 Å². The number of methoxy groups -OCH3 is 1. The molecule has 5 nitrogen and oxygen atoms in total. The Morgan fingerprint density at radius 3 is 2.79 bits per heavy atom. The molecule has 0 radical (unpaired) electrons. The van der Waals surface area contributed by atoms with E-state index in [4.69, 9.17) is 9.47 Å². The van der Waals surface area contributed by atoms with Gasteiger partial charge in [0.1, 0.15) is 11.5 Å². The smallest absolute Gasteiger partial charge is 0.257 e. The predicted molar refractivity (Wildman–Crippen MR) is 70.6 cm³/mol. The Labute approximate surface area is 112 Å². The van der Waals surface area contributed by atoms with Gasteiger partial charge < -0.3 is 19.5 Å². The molecule has 5 heteroatoms. The van der Waals surface area contributed by atoms with E-state index in [2.05, 4.69) is 0 Å². The third-order valence-corrected chi connectivity index (χ3v) is 3.15. The molecule has 0 aromatic heterocycles. The number of phenols is 1. The number of benzene rings is 1. The molecule has 0 spiro atoms. The van der Waals surface area contributed by atoms with Crippen LogP contribution in [-0.2, 0) is 4.74 Å². The third-order valence-electron chi connectivity index (χ3n) is 3.15. The summed E-state index contributed by atoms with van der Waals surface area (Å²) in [5.74, 6) is 0.279. The molecule has 0 aliphatic carbocycles. The molecule has 0 atom stereocenters. The predicted octanol–water partition coefficient (Wildman–Crippen LogP) is 1.65. The van der Waals surface area contributed by atoms with Gasteiger partial charge >= 0.3 is 0 Å². The third kappa shape index (κ3) is 2.98. The number of amides is 1. The second kappa shape index (κ2) is 5.09. The van der Waals surface area contributed by atoms with Crippen LogP contribution in [0.2, 0.25) is 0 Å². The molecule has 1 N–H and O–H groups in total. The van der Waals surface area contributed by atoms with Crippen LogP contribution in [0.15, 0.2) is 18.2 Å². The van der Waals surface area contributed by atoms with E-state index in [0.29, 0.717) is 31.0 Å². The van der Waals surface area contributed by atoms with Crippen molar-refractivity contribution in [1.82, 2.24) is 4.90 Å². The van der Waals surface area contributed by atoms with Crippen LogP contribution < -0.4 is 4.74 Å². The van der Waals surface area contributed by atoms with Crippen LogP contribution in [0.25, 0.3) is 0 Å². The van der Waals surface area contributed by atoms with Crippen molar-refractivity contribution in [2.45, 2.75) is 19.4 Å². The lowest BCUT2D eigenvalue weighted by molar-refractivity contribution is -0.0764. The number of hydrogen-bond donors (Lipinski definition) is 1. The zero-order chi connectivity index (χ0) is 14.0. The van der Waals surface area contributed by atoms with E-state index in [9.17, 15) is 9.90 Å². The summed E-state index contributed by atoms with van der Waals surface area (Å²) >= 11 is 0. The minimum Gasteiger partial charge on any atom is -0.507 e. The highest BCUT2D eigenvalue weighted by molar-refractivity contribution is 5.97. The summed E-state index contributed by atoms with van der Waals surface area (Å²) in [6, 6.07) is 4.69. The second-order valence-corrected chi connectivity index (χ2v) is 5.22. The lowest BCUT2D eigenvalue weighted by Crippen LogP contribution is -2.50. The van der Waals surface area contributed by atoms with Crippen LogP contribution in [0.5, 0.6) is 11.5 Å². The number of hydrogen-bond acceptors (Lipinski definition) is 4. The largest absolute Gasteiger partial charge is 0.507 e. The highest BCUT2D eigenvalue weighted by atomic mass is 16.5. The van der Waals surface area contributed by atoms with Gasteiger partial charge in [0, 0.05) is 19.2 Å². The normalized spacial score (nSPS) is 18.2. The monoisotopic (exact) mass is 265 g/mol. The van der Waals surface area contributed by atoms with Gasteiger partial charge in [0.15, 0.2) is 0 Å². The van der Waals surface area contributed by atoms with Crippen LogP contribution in [0.3, 0.4) is 0 Å². The first kappa shape index (κ1) is 13.7. The molecule has 1 fully saturated rings. The minimum atomic E-state index is -0.351. The molecular weight excluding hydrogens is 246 g/mol. The first-order valence-corrected chi connectivity index (χ1v) is 6.23. The van der Waals surface area contributed by atoms with Crippen LogP contribution >= 0.6 is 0 Å². The van der Waals surface area contributed by atoms with Gasteiger partial charge in [-0.3, -0.25) is 4.79 Å². The van der Waals surface area contributed by atoms with E-state index in [-0.39, 0.29) is 17.3 Å². The summed E-state index contributed by atoms with van der Waals surface area (Å²) in [7, 11) is 1.51. The molecular formula is C14H19NO4. The molecule has 1 aromatic rings. The number of carbonyl (C=O) groups is 1. The van der Waals surface area contributed by atoms with Crippen molar-refractivity contribution in [3.05, 3.63) is 23.8 Å². The fourth-order valence-corrected chi connectivity index (χ4v) is 2.18. The molecule has 1 heterocycles. The molecule has 0 saturated carbocycles. The SMILES string of the molecule is COc1ccc(C(=O)N2CCOC(C)(C)C2)c(O)c1. The average Bonchev–Trinajstić information content (AvgIpc) is 2.36. The highest BCUT2D eigenvalue weighted by Gasteiger charge is 2.31. The highest BCUT2D eigenvalue weighted by Crippen LogP contribution is 2.26. The molecule has 1 saturated heterocycles.